The number of allylic oxidation sites excluding steroid dienone is 1. The van der Waals surface area contributed by atoms with E-state index in [1.165, 1.54) is 12.2 Å². The first-order valence-corrected chi connectivity index (χ1v) is 4.62. The number of carbonyl (C=O) groups is 1. The number of benzene rings is 2. The molecular formula is C13H9FO. The zero-order chi connectivity index (χ0) is 10.7. The van der Waals surface area contributed by atoms with Gasteiger partial charge in [0.25, 0.3) is 0 Å². The molecule has 74 valence electrons. The minimum atomic E-state index is -0.286. The number of aldehydes is 1. The Morgan fingerprint density at radius 3 is 2.67 bits per heavy atom. The molecular weight excluding hydrogens is 191 g/mol. The van der Waals surface area contributed by atoms with Crippen molar-refractivity contribution in [1.29, 1.82) is 0 Å². The third-order valence-corrected chi connectivity index (χ3v) is 2.25. The van der Waals surface area contributed by atoms with E-state index >= 15 is 0 Å². The Morgan fingerprint density at radius 2 is 1.87 bits per heavy atom. The highest BCUT2D eigenvalue weighted by atomic mass is 19.1. The Morgan fingerprint density at radius 1 is 1.07 bits per heavy atom. The van der Waals surface area contributed by atoms with Crippen LogP contribution in [0.1, 0.15) is 5.56 Å². The van der Waals surface area contributed by atoms with Crippen LogP contribution in [0.5, 0.6) is 0 Å². The minimum Gasteiger partial charge on any atom is -0.299 e. The second-order valence-corrected chi connectivity index (χ2v) is 3.19. The number of hydrogen-bond donors (Lipinski definition) is 0. The third kappa shape index (κ3) is 1.79. The average Bonchev–Trinajstić information content (AvgIpc) is 2.29. The number of hydrogen-bond acceptors (Lipinski definition) is 1. The first kappa shape index (κ1) is 9.59. The van der Waals surface area contributed by atoms with E-state index in [0.29, 0.717) is 17.2 Å². The maximum absolute atomic E-state index is 13.8. The molecule has 0 N–H and O–H groups in total. The number of fused-ring (bicyclic) bond motifs is 1. The zero-order valence-corrected chi connectivity index (χ0v) is 7.98. The van der Waals surface area contributed by atoms with Crippen molar-refractivity contribution >= 4 is 23.1 Å². The number of carbonyl (C=O) groups excluding carboxylic acids is 1. The van der Waals surface area contributed by atoms with E-state index in [0.717, 1.165) is 5.39 Å². The summed E-state index contributed by atoms with van der Waals surface area (Å²) in [6.45, 7) is 0. The quantitative estimate of drug-likeness (QED) is 0.537. The van der Waals surface area contributed by atoms with Crippen molar-refractivity contribution < 1.29 is 9.18 Å². The van der Waals surface area contributed by atoms with Gasteiger partial charge in [-0.05, 0) is 17.5 Å². The van der Waals surface area contributed by atoms with Gasteiger partial charge in [-0.3, -0.25) is 4.79 Å². The van der Waals surface area contributed by atoms with E-state index in [1.807, 2.05) is 18.2 Å². The summed E-state index contributed by atoms with van der Waals surface area (Å²) in [5.74, 6) is -0.286. The van der Waals surface area contributed by atoms with Crippen LogP contribution in [-0.4, -0.2) is 6.29 Å². The smallest absolute Gasteiger partial charge is 0.142 e. The van der Waals surface area contributed by atoms with Gasteiger partial charge < -0.3 is 0 Å². The van der Waals surface area contributed by atoms with Gasteiger partial charge in [-0.1, -0.05) is 36.4 Å². The van der Waals surface area contributed by atoms with Crippen molar-refractivity contribution in [2.45, 2.75) is 0 Å². The molecule has 2 aromatic carbocycles. The molecule has 2 heteroatoms. The van der Waals surface area contributed by atoms with Crippen LogP contribution in [0.3, 0.4) is 0 Å². The lowest BCUT2D eigenvalue weighted by atomic mass is 10.1. The van der Waals surface area contributed by atoms with Crippen LogP contribution < -0.4 is 0 Å². The van der Waals surface area contributed by atoms with Crippen LogP contribution in [0, 0.1) is 5.82 Å². The molecule has 0 bridgehead atoms. The van der Waals surface area contributed by atoms with Gasteiger partial charge in [0.1, 0.15) is 12.1 Å². The molecule has 1 nitrogen and oxygen atoms in total. The summed E-state index contributed by atoms with van der Waals surface area (Å²) in [5.41, 5.74) is 0.431. The fraction of sp³-hybridized carbons (Fsp3) is 0. The molecule has 0 aliphatic rings. The summed E-state index contributed by atoms with van der Waals surface area (Å²) in [6.07, 6.45) is 3.39. The van der Waals surface area contributed by atoms with Crippen LogP contribution in [0.4, 0.5) is 4.39 Å². The molecule has 2 rings (SSSR count). The summed E-state index contributed by atoms with van der Waals surface area (Å²) < 4.78 is 13.8. The Labute approximate surface area is 86.8 Å². The predicted octanol–water partition coefficient (Wildman–Crippen LogP) is 3.19. The molecule has 2 aromatic rings. The highest BCUT2D eigenvalue weighted by Crippen LogP contribution is 2.21. The van der Waals surface area contributed by atoms with Gasteiger partial charge in [0.05, 0.1) is 0 Å². The van der Waals surface area contributed by atoms with Gasteiger partial charge in [0.15, 0.2) is 0 Å². The summed E-state index contributed by atoms with van der Waals surface area (Å²) in [5, 5.41) is 1.43. The zero-order valence-electron chi connectivity index (χ0n) is 7.98. The second kappa shape index (κ2) is 4.05. The molecule has 0 aromatic heterocycles. The van der Waals surface area contributed by atoms with Crippen LogP contribution in [0.25, 0.3) is 16.8 Å². The number of halogens is 1. The van der Waals surface area contributed by atoms with Crippen molar-refractivity contribution in [2.24, 2.45) is 0 Å². The van der Waals surface area contributed by atoms with Gasteiger partial charge in [0.2, 0.25) is 0 Å². The van der Waals surface area contributed by atoms with E-state index in [9.17, 15) is 9.18 Å². The van der Waals surface area contributed by atoms with Crippen molar-refractivity contribution in [3.8, 4) is 0 Å². The summed E-state index contributed by atoms with van der Waals surface area (Å²) >= 11 is 0. The van der Waals surface area contributed by atoms with Gasteiger partial charge in [-0.25, -0.2) is 4.39 Å². The molecule has 0 unspecified atom stereocenters. The van der Waals surface area contributed by atoms with Crippen molar-refractivity contribution in [1.82, 2.24) is 0 Å². The molecule has 0 heterocycles. The maximum atomic E-state index is 13.8. The van der Waals surface area contributed by atoms with E-state index in [2.05, 4.69) is 0 Å². The van der Waals surface area contributed by atoms with Crippen molar-refractivity contribution in [2.75, 3.05) is 0 Å². The molecule has 0 radical (unpaired) electrons. The largest absolute Gasteiger partial charge is 0.299 e. The average molecular weight is 200 g/mol. The van der Waals surface area contributed by atoms with Gasteiger partial charge in [-0.2, -0.15) is 0 Å². The third-order valence-electron chi connectivity index (χ3n) is 2.25. The Hall–Kier alpha value is -1.96. The fourth-order valence-corrected chi connectivity index (χ4v) is 1.52. The molecule has 15 heavy (non-hydrogen) atoms. The molecule has 0 fully saturated rings. The van der Waals surface area contributed by atoms with Gasteiger partial charge >= 0.3 is 0 Å². The highest BCUT2D eigenvalue weighted by Gasteiger charge is 2.03. The normalized spacial score (nSPS) is 11.0. The van der Waals surface area contributed by atoms with Crippen LogP contribution >= 0.6 is 0 Å². The summed E-state index contributed by atoms with van der Waals surface area (Å²) in [4.78, 5) is 10.1. The first-order valence-electron chi connectivity index (χ1n) is 4.62. The van der Waals surface area contributed by atoms with Crippen LogP contribution in [0.2, 0.25) is 0 Å². The topological polar surface area (TPSA) is 17.1 Å². The molecule has 0 amide bonds. The molecule has 0 spiro atoms. The lowest BCUT2D eigenvalue weighted by molar-refractivity contribution is -0.104. The van der Waals surface area contributed by atoms with E-state index in [-0.39, 0.29) is 5.82 Å². The fourth-order valence-electron chi connectivity index (χ4n) is 1.52. The predicted molar refractivity (Wildman–Crippen MR) is 59.0 cm³/mol. The lowest BCUT2D eigenvalue weighted by Gasteiger charge is -2.01. The molecule has 0 saturated heterocycles. The standard InChI is InChI=1S/C13H9FO/c14-13-11(5-3-9-15)8-7-10-4-1-2-6-12(10)13/h1-9H/b5-3+. The van der Waals surface area contributed by atoms with Crippen molar-refractivity contribution in [3.05, 3.63) is 53.9 Å². The second-order valence-electron chi connectivity index (χ2n) is 3.19. The van der Waals surface area contributed by atoms with Crippen LogP contribution in [0.15, 0.2) is 42.5 Å². The van der Waals surface area contributed by atoms with Gasteiger partial charge in [0, 0.05) is 10.9 Å². The van der Waals surface area contributed by atoms with Gasteiger partial charge in [-0.15, -0.1) is 0 Å². The van der Waals surface area contributed by atoms with E-state index in [1.54, 1.807) is 18.2 Å². The lowest BCUT2D eigenvalue weighted by Crippen LogP contribution is -1.84. The molecule has 0 aliphatic carbocycles. The molecule has 0 saturated carbocycles. The SMILES string of the molecule is O=C/C=C/c1ccc2ccccc2c1F. The van der Waals surface area contributed by atoms with E-state index < -0.39 is 0 Å². The Kier molecular flexibility index (Phi) is 2.59. The highest BCUT2D eigenvalue weighted by molar-refractivity contribution is 5.86. The summed E-state index contributed by atoms with van der Waals surface area (Å²) in [7, 11) is 0. The summed E-state index contributed by atoms with van der Waals surface area (Å²) in [6, 6.07) is 10.7. The Bertz CT molecular complexity index is 529. The molecule has 0 atom stereocenters. The van der Waals surface area contributed by atoms with Crippen LogP contribution in [-0.2, 0) is 4.79 Å². The Balaban J connectivity index is 2.64. The first-order chi connectivity index (χ1) is 7.33. The van der Waals surface area contributed by atoms with Crippen molar-refractivity contribution in [3.63, 3.8) is 0 Å². The number of rotatable bonds is 2. The molecule has 0 aliphatic heterocycles. The minimum absolute atomic E-state index is 0.286. The monoisotopic (exact) mass is 200 g/mol. The van der Waals surface area contributed by atoms with E-state index in [4.69, 9.17) is 0 Å². The maximum Gasteiger partial charge on any atom is 0.142 e.